The van der Waals surface area contributed by atoms with Crippen LogP contribution in [0.1, 0.15) is 69.4 Å². The van der Waals surface area contributed by atoms with Crippen molar-refractivity contribution in [3.8, 4) is 11.1 Å². The number of hydrogen-bond donors (Lipinski definition) is 0. The van der Waals surface area contributed by atoms with Crippen LogP contribution in [0.2, 0.25) is 0 Å². The molecular formula is C52H52N2. The van der Waals surface area contributed by atoms with E-state index in [1.54, 1.807) is 0 Å². The second-order valence-corrected chi connectivity index (χ2v) is 15.9. The van der Waals surface area contributed by atoms with Crippen LogP contribution in [0.4, 0.5) is 34.1 Å². The van der Waals surface area contributed by atoms with Gasteiger partial charge in [0.15, 0.2) is 0 Å². The van der Waals surface area contributed by atoms with Crippen molar-refractivity contribution in [3.63, 3.8) is 0 Å². The summed E-state index contributed by atoms with van der Waals surface area (Å²) in [5.74, 6) is 0. The number of aryl methyl sites for hydroxylation is 2. The number of para-hydroxylation sites is 1. The molecule has 0 N–H and O–H groups in total. The smallest absolute Gasteiger partial charge is 0.0465 e. The molecule has 1 aliphatic carbocycles. The Labute approximate surface area is 323 Å². The number of benzene rings is 6. The van der Waals surface area contributed by atoms with E-state index in [2.05, 4.69) is 223 Å². The van der Waals surface area contributed by atoms with E-state index in [1.165, 1.54) is 44.5 Å². The Balaban J connectivity index is 1.29. The van der Waals surface area contributed by atoms with Gasteiger partial charge in [-0.25, -0.2) is 0 Å². The summed E-state index contributed by atoms with van der Waals surface area (Å²) in [6.45, 7) is 21.9. The van der Waals surface area contributed by atoms with Gasteiger partial charge in [-0.05, 0) is 139 Å². The van der Waals surface area contributed by atoms with E-state index in [-0.39, 0.29) is 10.8 Å². The third-order valence-corrected chi connectivity index (χ3v) is 11.4. The molecule has 270 valence electrons. The molecule has 0 amide bonds. The predicted molar refractivity (Wildman–Crippen MR) is 234 cm³/mol. The van der Waals surface area contributed by atoms with Gasteiger partial charge < -0.3 is 9.80 Å². The number of anilines is 6. The molecular weight excluding hydrogens is 653 g/mol. The average Bonchev–Trinajstić information content (AvgIpc) is 3.39. The molecule has 0 aromatic heterocycles. The van der Waals surface area contributed by atoms with Crippen LogP contribution < -0.4 is 9.80 Å². The summed E-state index contributed by atoms with van der Waals surface area (Å²) in [6.07, 6.45) is 6.27. The van der Waals surface area contributed by atoms with Crippen LogP contribution in [0.3, 0.4) is 0 Å². The first-order valence-electron chi connectivity index (χ1n) is 19.1. The van der Waals surface area contributed by atoms with Gasteiger partial charge in [0, 0.05) is 45.0 Å². The summed E-state index contributed by atoms with van der Waals surface area (Å²) in [5, 5.41) is 0. The fourth-order valence-corrected chi connectivity index (χ4v) is 7.78. The molecule has 6 aromatic rings. The van der Waals surface area contributed by atoms with Crippen molar-refractivity contribution < 1.29 is 0 Å². The Morgan fingerprint density at radius 3 is 1.46 bits per heavy atom. The SMILES string of the molecule is C=C/C(C)=C/C=C(\C)C(C)(C)c1ccc(N(c2cccc(C)c2)c2ccc3c(c2)C(C)(C)c2cc(N(c4ccccc4)c4cccc(C)c4)ccc2-3)cc1. The van der Waals surface area contributed by atoms with Gasteiger partial charge in [-0.15, -0.1) is 0 Å². The summed E-state index contributed by atoms with van der Waals surface area (Å²) in [4.78, 5) is 4.78. The Kier molecular flexibility index (Phi) is 9.81. The topological polar surface area (TPSA) is 6.48 Å². The van der Waals surface area contributed by atoms with Gasteiger partial charge in [0.25, 0.3) is 0 Å². The van der Waals surface area contributed by atoms with Crippen molar-refractivity contribution in [1.29, 1.82) is 0 Å². The summed E-state index contributed by atoms with van der Waals surface area (Å²) < 4.78 is 0. The van der Waals surface area contributed by atoms with Gasteiger partial charge in [-0.3, -0.25) is 0 Å². The van der Waals surface area contributed by atoms with Crippen molar-refractivity contribution in [2.45, 2.75) is 66.2 Å². The lowest BCUT2D eigenvalue weighted by molar-refractivity contribution is 0.623. The molecule has 1 aliphatic rings. The van der Waals surface area contributed by atoms with Crippen LogP contribution in [-0.4, -0.2) is 0 Å². The minimum Gasteiger partial charge on any atom is -0.310 e. The largest absolute Gasteiger partial charge is 0.310 e. The molecule has 0 heterocycles. The van der Waals surface area contributed by atoms with Crippen LogP contribution in [0, 0.1) is 13.8 Å². The predicted octanol–water partition coefficient (Wildman–Crippen LogP) is 14.9. The maximum atomic E-state index is 3.91. The number of nitrogens with zero attached hydrogens (tertiary/aromatic N) is 2. The molecule has 0 spiro atoms. The minimum atomic E-state index is -0.208. The van der Waals surface area contributed by atoms with Crippen molar-refractivity contribution in [1.82, 2.24) is 0 Å². The Morgan fingerprint density at radius 2 is 0.981 bits per heavy atom. The highest BCUT2D eigenvalue weighted by Crippen LogP contribution is 2.52. The van der Waals surface area contributed by atoms with E-state index >= 15 is 0 Å². The molecule has 54 heavy (non-hydrogen) atoms. The molecule has 0 saturated heterocycles. The Hall–Kier alpha value is -5.86. The molecule has 0 fully saturated rings. The van der Waals surface area contributed by atoms with Crippen molar-refractivity contribution >= 4 is 34.1 Å². The minimum absolute atomic E-state index is 0.123. The van der Waals surface area contributed by atoms with E-state index in [0.29, 0.717) is 0 Å². The molecule has 0 saturated carbocycles. The highest BCUT2D eigenvalue weighted by molar-refractivity contribution is 5.88. The zero-order chi connectivity index (χ0) is 38.2. The standard InChI is InChI=1S/C52H52N2/c1-10-36(2)22-23-39(5)51(6,7)40-24-26-42(27-25-40)54(44-21-15-17-38(4)33-44)46-29-31-48-47-30-28-45(34-49(47)52(8,9)50(48)35-46)53(41-18-12-11-13-19-41)43-20-14-16-37(3)32-43/h10-35H,1H2,2-9H3/b36-22+,39-23+. The van der Waals surface area contributed by atoms with Gasteiger partial charge in [0.05, 0.1) is 0 Å². The van der Waals surface area contributed by atoms with Crippen molar-refractivity contribution in [3.05, 3.63) is 203 Å². The number of hydrogen-bond acceptors (Lipinski definition) is 2. The van der Waals surface area contributed by atoms with E-state index in [4.69, 9.17) is 0 Å². The first-order valence-corrected chi connectivity index (χ1v) is 19.1. The Morgan fingerprint density at radius 1 is 0.537 bits per heavy atom. The number of allylic oxidation sites excluding steroid dienone is 5. The summed E-state index contributed by atoms with van der Waals surface area (Å²) in [7, 11) is 0. The monoisotopic (exact) mass is 704 g/mol. The molecule has 0 atom stereocenters. The summed E-state index contributed by atoms with van der Waals surface area (Å²) >= 11 is 0. The zero-order valence-electron chi connectivity index (χ0n) is 33.1. The molecule has 7 rings (SSSR count). The van der Waals surface area contributed by atoms with E-state index in [0.717, 1.165) is 39.7 Å². The van der Waals surface area contributed by atoms with E-state index in [9.17, 15) is 0 Å². The second-order valence-electron chi connectivity index (χ2n) is 15.9. The third kappa shape index (κ3) is 6.85. The number of fused-ring (bicyclic) bond motifs is 3. The maximum absolute atomic E-state index is 3.91. The van der Waals surface area contributed by atoms with Gasteiger partial charge in [0.2, 0.25) is 0 Å². The second kappa shape index (κ2) is 14.5. The molecule has 2 heteroatoms. The lowest BCUT2D eigenvalue weighted by atomic mass is 9.78. The fraction of sp³-hybridized carbons (Fsp3) is 0.192. The quantitative estimate of drug-likeness (QED) is 0.131. The van der Waals surface area contributed by atoms with Gasteiger partial charge in [-0.2, -0.15) is 0 Å². The van der Waals surface area contributed by atoms with Gasteiger partial charge in [-0.1, -0.05) is 130 Å². The van der Waals surface area contributed by atoms with Crippen LogP contribution in [0.15, 0.2) is 175 Å². The van der Waals surface area contributed by atoms with Crippen LogP contribution in [0.25, 0.3) is 11.1 Å². The molecule has 0 unspecified atom stereocenters. The van der Waals surface area contributed by atoms with E-state index in [1.807, 2.05) is 6.08 Å². The molecule has 0 bridgehead atoms. The van der Waals surface area contributed by atoms with Gasteiger partial charge >= 0.3 is 0 Å². The lowest BCUT2D eigenvalue weighted by Crippen LogP contribution is -2.19. The summed E-state index contributed by atoms with van der Waals surface area (Å²) in [5.41, 5.74) is 18.1. The molecule has 6 aromatic carbocycles. The highest BCUT2D eigenvalue weighted by atomic mass is 15.1. The van der Waals surface area contributed by atoms with Crippen molar-refractivity contribution in [2.75, 3.05) is 9.80 Å². The molecule has 2 nitrogen and oxygen atoms in total. The van der Waals surface area contributed by atoms with Crippen LogP contribution in [0.5, 0.6) is 0 Å². The highest BCUT2D eigenvalue weighted by Gasteiger charge is 2.37. The first kappa shape index (κ1) is 36.5. The zero-order valence-corrected chi connectivity index (χ0v) is 33.1. The van der Waals surface area contributed by atoms with E-state index < -0.39 is 0 Å². The van der Waals surface area contributed by atoms with Crippen LogP contribution >= 0.6 is 0 Å². The fourth-order valence-electron chi connectivity index (χ4n) is 7.78. The molecule has 0 radical (unpaired) electrons. The van der Waals surface area contributed by atoms with Gasteiger partial charge in [0.1, 0.15) is 0 Å². The first-order chi connectivity index (χ1) is 25.9. The number of rotatable bonds is 10. The third-order valence-electron chi connectivity index (χ3n) is 11.4. The lowest BCUT2D eigenvalue weighted by Gasteiger charge is -2.30. The maximum Gasteiger partial charge on any atom is 0.0465 e. The van der Waals surface area contributed by atoms with Crippen molar-refractivity contribution in [2.24, 2.45) is 0 Å². The normalized spacial score (nSPS) is 13.6. The van der Waals surface area contributed by atoms with Crippen LogP contribution in [-0.2, 0) is 10.8 Å². The Bertz CT molecular complexity index is 2390. The average molecular weight is 705 g/mol. The molecule has 0 aliphatic heterocycles. The summed E-state index contributed by atoms with van der Waals surface area (Å²) in [6, 6.07) is 51.5.